The molecule has 0 amide bonds. The van der Waals surface area contributed by atoms with Gasteiger partial charge in [0.2, 0.25) is 15.9 Å². The molecule has 2 fully saturated rings. The highest BCUT2D eigenvalue weighted by atomic mass is 32.2. The fourth-order valence-electron chi connectivity index (χ4n) is 3.40. The van der Waals surface area contributed by atoms with Crippen molar-refractivity contribution in [1.82, 2.24) is 14.4 Å². The molecule has 1 aromatic carbocycles. The lowest BCUT2D eigenvalue weighted by molar-refractivity contribution is 0.125. The molecule has 7 nitrogen and oxygen atoms in total. The fourth-order valence-corrected chi connectivity index (χ4v) is 5.09. The molecule has 1 atom stereocenters. The number of rotatable bonds is 8. The molecule has 0 radical (unpaired) electrons. The third kappa shape index (κ3) is 4.42. The first-order chi connectivity index (χ1) is 13.5. The lowest BCUT2D eigenvalue weighted by Gasteiger charge is -2.32. The largest absolute Gasteiger partial charge is 0.381 e. The molecule has 1 aliphatic heterocycles. The van der Waals surface area contributed by atoms with Crippen LogP contribution in [0.4, 0.5) is 4.39 Å². The van der Waals surface area contributed by atoms with Crippen LogP contribution in [0.1, 0.15) is 49.9 Å². The fraction of sp³-hybridized carbons (Fsp3) is 0.579. The third-order valence-electron chi connectivity index (χ3n) is 5.15. The number of hydrogen-bond donors (Lipinski definition) is 0. The summed E-state index contributed by atoms with van der Waals surface area (Å²) in [5.74, 6) is 0.918. The summed E-state index contributed by atoms with van der Waals surface area (Å²) in [6, 6.07) is 4.53. The Morgan fingerprint density at radius 3 is 2.89 bits per heavy atom. The van der Waals surface area contributed by atoms with E-state index in [1.807, 2.05) is 0 Å². The Balaban J connectivity index is 1.47. The maximum Gasteiger partial charge on any atom is 0.245 e. The second kappa shape index (κ2) is 8.26. The van der Waals surface area contributed by atoms with E-state index in [2.05, 4.69) is 10.1 Å². The number of sulfonamides is 1. The van der Waals surface area contributed by atoms with E-state index in [0.717, 1.165) is 25.5 Å². The van der Waals surface area contributed by atoms with Crippen LogP contribution in [0.2, 0.25) is 0 Å². The van der Waals surface area contributed by atoms with E-state index in [0.29, 0.717) is 37.7 Å². The average molecular weight is 409 g/mol. The minimum Gasteiger partial charge on any atom is -0.381 e. The zero-order chi connectivity index (χ0) is 19.6. The second-order valence-corrected chi connectivity index (χ2v) is 9.29. The predicted molar refractivity (Wildman–Crippen MR) is 98.4 cm³/mol. The third-order valence-corrected chi connectivity index (χ3v) is 7.05. The van der Waals surface area contributed by atoms with Crippen LogP contribution in [0, 0.1) is 11.7 Å². The van der Waals surface area contributed by atoms with Crippen LogP contribution in [0.3, 0.4) is 0 Å². The van der Waals surface area contributed by atoms with Gasteiger partial charge in [-0.25, -0.2) is 12.8 Å². The Labute approximate surface area is 163 Å². The van der Waals surface area contributed by atoms with Gasteiger partial charge in [0.1, 0.15) is 11.9 Å². The van der Waals surface area contributed by atoms with Crippen molar-refractivity contribution < 1.29 is 22.1 Å². The molecule has 1 aromatic heterocycles. The van der Waals surface area contributed by atoms with E-state index in [4.69, 9.17) is 9.26 Å². The highest BCUT2D eigenvalue weighted by Gasteiger charge is 2.37. The molecule has 2 aliphatic rings. The highest BCUT2D eigenvalue weighted by molar-refractivity contribution is 7.89. The van der Waals surface area contributed by atoms with Crippen molar-refractivity contribution in [3.63, 3.8) is 0 Å². The SMILES string of the molecule is O=S(=O)(c1cccc(F)c1)N1CCCCC1c1nc(CCOCC2CC2)no1. The number of aromatic nitrogens is 2. The Morgan fingerprint density at radius 2 is 2.11 bits per heavy atom. The van der Waals surface area contributed by atoms with Crippen molar-refractivity contribution >= 4 is 10.0 Å². The van der Waals surface area contributed by atoms with Crippen molar-refractivity contribution in [2.24, 2.45) is 5.92 Å². The summed E-state index contributed by atoms with van der Waals surface area (Å²) in [5, 5.41) is 3.98. The molecular weight excluding hydrogens is 385 g/mol. The van der Waals surface area contributed by atoms with E-state index in [9.17, 15) is 12.8 Å². The molecule has 28 heavy (non-hydrogen) atoms. The van der Waals surface area contributed by atoms with E-state index < -0.39 is 21.9 Å². The zero-order valence-corrected chi connectivity index (χ0v) is 16.4. The van der Waals surface area contributed by atoms with Crippen LogP contribution in [0.15, 0.2) is 33.7 Å². The first-order valence-electron chi connectivity index (χ1n) is 9.71. The molecule has 0 spiro atoms. The van der Waals surface area contributed by atoms with Gasteiger partial charge in [-0.1, -0.05) is 17.6 Å². The molecule has 2 heterocycles. The number of ether oxygens (including phenoxy) is 1. The van der Waals surface area contributed by atoms with Gasteiger partial charge in [-0.3, -0.25) is 0 Å². The molecule has 152 valence electrons. The number of nitrogens with zero attached hydrogens (tertiary/aromatic N) is 3. The van der Waals surface area contributed by atoms with Crippen molar-refractivity contribution in [1.29, 1.82) is 0 Å². The first kappa shape index (κ1) is 19.5. The van der Waals surface area contributed by atoms with Crippen LogP contribution < -0.4 is 0 Å². The quantitative estimate of drug-likeness (QED) is 0.623. The number of benzene rings is 1. The van der Waals surface area contributed by atoms with Crippen molar-refractivity contribution in [2.45, 2.75) is 49.5 Å². The van der Waals surface area contributed by atoms with Gasteiger partial charge < -0.3 is 9.26 Å². The molecule has 1 saturated carbocycles. The first-order valence-corrected chi connectivity index (χ1v) is 11.2. The summed E-state index contributed by atoms with van der Waals surface area (Å²) in [6.07, 6.45) is 5.20. The predicted octanol–water partition coefficient (Wildman–Crippen LogP) is 3.09. The molecule has 0 N–H and O–H groups in total. The van der Waals surface area contributed by atoms with Gasteiger partial charge in [-0.15, -0.1) is 0 Å². The smallest absolute Gasteiger partial charge is 0.245 e. The number of hydrogen-bond acceptors (Lipinski definition) is 6. The maximum atomic E-state index is 13.6. The van der Waals surface area contributed by atoms with Crippen LogP contribution >= 0.6 is 0 Å². The van der Waals surface area contributed by atoms with Gasteiger partial charge in [0, 0.05) is 19.6 Å². The molecule has 1 unspecified atom stereocenters. The zero-order valence-electron chi connectivity index (χ0n) is 15.6. The van der Waals surface area contributed by atoms with Gasteiger partial charge in [0.25, 0.3) is 0 Å². The number of halogens is 1. The summed E-state index contributed by atoms with van der Waals surface area (Å²) < 4.78 is 52.0. The maximum absolute atomic E-state index is 13.6. The minimum atomic E-state index is -3.86. The van der Waals surface area contributed by atoms with Gasteiger partial charge in [-0.2, -0.15) is 9.29 Å². The highest BCUT2D eigenvalue weighted by Crippen LogP contribution is 2.35. The summed E-state index contributed by atoms with van der Waals surface area (Å²) in [4.78, 5) is 4.34. The van der Waals surface area contributed by atoms with E-state index in [1.165, 1.54) is 35.3 Å². The molecular formula is C19H24FN3O4S. The van der Waals surface area contributed by atoms with E-state index in [-0.39, 0.29) is 10.8 Å². The minimum absolute atomic E-state index is 0.0624. The van der Waals surface area contributed by atoms with E-state index >= 15 is 0 Å². The molecule has 4 rings (SSSR count). The summed E-state index contributed by atoms with van der Waals surface area (Å²) in [5.41, 5.74) is 0. The Morgan fingerprint density at radius 1 is 1.25 bits per heavy atom. The Hall–Kier alpha value is -1.84. The molecule has 0 bridgehead atoms. The summed E-state index contributed by atoms with van der Waals surface area (Å²) in [7, 11) is -3.86. The van der Waals surface area contributed by atoms with Gasteiger partial charge in [0.15, 0.2) is 5.82 Å². The van der Waals surface area contributed by atoms with Gasteiger partial charge in [-0.05, 0) is 49.8 Å². The van der Waals surface area contributed by atoms with E-state index in [1.54, 1.807) is 0 Å². The van der Waals surface area contributed by atoms with Crippen LogP contribution in [0.5, 0.6) is 0 Å². The topological polar surface area (TPSA) is 85.5 Å². The molecule has 1 aliphatic carbocycles. The standard InChI is InChI=1S/C19H24FN3O4S/c20-15-4-3-5-16(12-15)28(24,25)23-10-2-1-6-17(23)19-21-18(22-27-19)9-11-26-13-14-7-8-14/h3-5,12,14,17H,1-2,6-11,13H2. The van der Waals surface area contributed by atoms with Crippen LogP contribution in [-0.4, -0.2) is 42.6 Å². The van der Waals surface area contributed by atoms with Crippen LogP contribution in [-0.2, 0) is 21.2 Å². The van der Waals surface area contributed by atoms with Crippen LogP contribution in [0.25, 0.3) is 0 Å². The summed E-state index contributed by atoms with van der Waals surface area (Å²) in [6.45, 7) is 1.63. The van der Waals surface area contributed by atoms with Crippen molar-refractivity contribution in [3.05, 3.63) is 41.8 Å². The number of piperidine rings is 1. The second-order valence-electron chi connectivity index (χ2n) is 7.40. The monoisotopic (exact) mass is 409 g/mol. The van der Waals surface area contributed by atoms with Gasteiger partial charge >= 0.3 is 0 Å². The molecule has 1 saturated heterocycles. The van der Waals surface area contributed by atoms with Gasteiger partial charge in [0.05, 0.1) is 11.5 Å². The Kier molecular flexibility index (Phi) is 5.75. The van der Waals surface area contributed by atoms with Crippen molar-refractivity contribution in [3.8, 4) is 0 Å². The Bertz CT molecular complexity index is 913. The lowest BCUT2D eigenvalue weighted by atomic mass is 10.1. The normalized spacial score (nSPS) is 21.1. The average Bonchev–Trinajstić information content (AvgIpc) is 3.41. The molecule has 2 aromatic rings. The van der Waals surface area contributed by atoms with Crippen molar-refractivity contribution in [2.75, 3.05) is 19.8 Å². The lowest BCUT2D eigenvalue weighted by Crippen LogP contribution is -2.38. The molecule has 9 heteroatoms. The summed E-state index contributed by atoms with van der Waals surface area (Å²) >= 11 is 0.